The topological polar surface area (TPSA) is 265 Å². The number of fused-ring (bicyclic) bond motifs is 4. The van der Waals surface area contributed by atoms with Crippen LogP contribution < -0.4 is 35.0 Å². The van der Waals surface area contributed by atoms with E-state index in [1.807, 2.05) is 85.1 Å². The summed E-state index contributed by atoms with van der Waals surface area (Å²) in [5.41, 5.74) is 8.86. The van der Waals surface area contributed by atoms with Gasteiger partial charge in [-0.3, -0.25) is 40.5 Å². The van der Waals surface area contributed by atoms with E-state index in [4.69, 9.17) is 10.0 Å². The van der Waals surface area contributed by atoms with E-state index in [0.29, 0.717) is 5.46 Å². The van der Waals surface area contributed by atoms with Crippen molar-refractivity contribution >= 4 is 94.9 Å². The van der Waals surface area contributed by atoms with Crippen LogP contribution >= 0.6 is 15.9 Å². The minimum Gasteiger partial charge on any atom is -1.00 e. The van der Waals surface area contributed by atoms with Gasteiger partial charge in [0.15, 0.2) is 0 Å². The summed E-state index contributed by atoms with van der Waals surface area (Å²) in [6, 6.07) is 49.6. The summed E-state index contributed by atoms with van der Waals surface area (Å²) in [5.74, 6) is 0. The number of non-ortho nitro benzene ring substituents is 4. The molecule has 0 aliphatic heterocycles. The molecular formula is C52H43BBrN8NaO10. The predicted molar refractivity (Wildman–Crippen MR) is 285 cm³/mol. The fourth-order valence-corrected chi connectivity index (χ4v) is 8.00. The first-order valence-electron chi connectivity index (χ1n) is 21.9. The van der Waals surface area contributed by atoms with Crippen molar-refractivity contribution in [2.45, 2.75) is 13.5 Å². The van der Waals surface area contributed by atoms with Gasteiger partial charge in [0, 0.05) is 139 Å². The summed E-state index contributed by atoms with van der Waals surface area (Å²) in [5, 5.41) is 63.2. The quantitative estimate of drug-likeness (QED) is 0.0547. The maximum Gasteiger partial charge on any atom is 1.00 e. The molecule has 21 heteroatoms. The van der Waals surface area contributed by atoms with Crippen molar-refractivity contribution in [1.29, 1.82) is 0 Å². The Hall–Kier alpha value is -8.24. The SMILES string of the molecule is CCn1cc(-c2ccccc2)c2cc([N+](=O)[O-])ccc21.O=[N+]([O-])c1ccc2[nH]cc(-c3ccccc3)c2c1.O=[N+]([O-])c1ccc2[nH]cc(Br)c2c1.O=[N+]([O-])c1ccc2[nH]ccc2c1.OB(O)c1ccccc1.[H-].[Na+]. The third kappa shape index (κ3) is 13.6. The van der Waals surface area contributed by atoms with Crippen LogP contribution in [-0.4, -0.2) is 56.4 Å². The van der Waals surface area contributed by atoms with Gasteiger partial charge in [-0.1, -0.05) is 91.0 Å². The second kappa shape index (κ2) is 25.2. The minimum atomic E-state index is -1.34. The monoisotopic (exact) mass is 1050 g/mol. The molecule has 11 rings (SSSR count). The summed E-state index contributed by atoms with van der Waals surface area (Å²) in [7, 11) is -1.34. The molecule has 0 bridgehead atoms. The smallest absolute Gasteiger partial charge is 1.00 e. The molecule has 7 aromatic carbocycles. The van der Waals surface area contributed by atoms with E-state index in [1.54, 1.807) is 79.1 Å². The number of hydrogen-bond donors (Lipinski definition) is 5. The van der Waals surface area contributed by atoms with Crippen molar-refractivity contribution < 1.29 is 60.7 Å². The van der Waals surface area contributed by atoms with Crippen molar-refractivity contribution in [3.8, 4) is 22.3 Å². The van der Waals surface area contributed by atoms with Crippen LogP contribution in [0.5, 0.6) is 0 Å². The second-order valence-electron chi connectivity index (χ2n) is 15.6. The summed E-state index contributed by atoms with van der Waals surface area (Å²) in [6.07, 6.45) is 7.45. The molecule has 362 valence electrons. The molecule has 0 unspecified atom stereocenters. The number of nitro groups is 4. The van der Waals surface area contributed by atoms with Gasteiger partial charge >= 0.3 is 36.7 Å². The van der Waals surface area contributed by atoms with Gasteiger partial charge in [-0.25, -0.2) is 0 Å². The third-order valence-corrected chi connectivity index (χ3v) is 11.8. The molecule has 0 aliphatic carbocycles. The molecule has 0 saturated carbocycles. The third-order valence-electron chi connectivity index (χ3n) is 11.1. The molecule has 0 amide bonds. The molecule has 0 fully saturated rings. The van der Waals surface area contributed by atoms with E-state index in [1.165, 1.54) is 24.3 Å². The maximum absolute atomic E-state index is 11.0. The fourth-order valence-electron chi connectivity index (χ4n) is 7.55. The first-order chi connectivity index (χ1) is 34.7. The Labute approximate surface area is 447 Å². The number of nitro benzene ring substituents is 4. The van der Waals surface area contributed by atoms with Gasteiger partial charge in [-0.05, 0) is 69.8 Å². The average molecular weight is 1050 g/mol. The van der Waals surface area contributed by atoms with Gasteiger partial charge < -0.3 is 31.0 Å². The Bertz CT molecular complexity index is 3670. The van der Waals surface area contributed by atoms with Crippen molar-refractivity contribution in [3.05, 3.63) is 240 Å². The number of nitrogens with one attached hydrogen (secondary N) is 3. The van der Waals surface area contributed by atoms with Gasteiger partial charge in [-0.15, -0.1) is 0 Å². The first kappa shape index (κ1) is 54.1. The first-order valence-corrected chi connectivity index (χ1v) is 22.7. The molecule has 4 aromatic heterocycles. The van der Waals surface area contributed by atoms with Crippen LogP contribution in [0.4, 0.5) is 22.7 Å². The molecule has 18 nitrogen and oxygen atoms in total. The van der Waals surface area contributed by atoms with E-state index in [0.717, 1.165) is 76.9 Å². The van der Waals surface area contributed by atoms with E-state index in [2.05, 4.69) is 48.6 Å². The number of H-pyrrole nitrogens is 3. The zero-order chi connectivity index (χ0) is 51.3. The number of halogens is 1. The Morgan fingerprint density at radius 1 is 0.534 bits per heavy atom. The molecular weight excluding hydrogens is 1010 g/mol. The fraction of sp³-hybridized carbons (Fsp3) is 0.0385. The van der Waals surface area contributed by atoms with Crippen LogP contribution in [0.15, 0.2) is 199 Å². The van der Waals surface area contributed by atoms with E-state index < -0.39 is 17.0 Å². The van der Waals surface area contributed by atoms with Crippen LogP contribution in [0.1, 0.15) is 8.35 Å². The molecule has 73 heavy (non-hydrogen) atoms. The summed E-state index contributed by atoms with van der Waals surface area (Å²) < 4.78 is 2.95. The Morgan fingerprint density at radius 3 is 1.51 bits per heavy atom. The van der Waals surface area contributed by atoms with Crippen LogP contribution in [-0.2, 0) is 6.54 Å². The maximum atomic E-state index is 11.0. The summed E-state index contributed by atoms with van der Waals surface area (Å²) in [4.78, 5) is 50.2. The van der Waals surface area contributed by atoms with Crippen LogP contribution in [0.2, 0.25) is 0 Å². The van der Waals surface area contributed by atoms with Gasteiger partial charge in [0.1, 0.15) is 0 Å². The number of aryl methyl sites for hydroxylation is 1. The Balaban J connectivity index is 0.000000174. The van der Waals surface area contributed by atoms with Crippen molar-refractivity contribution in [2.75, 3.05) is 0 Å². The molecule has 5 N–H and O–H groups in total. The molecule has 0 radical (unpaired) electrons. The van der Waals surface area contributed by atoms with E-state index in [9.17, 15) is 40.5 Å². The van der Waals surface area contributed by atoms with Crippen molar-refractivity contribution in [3.63, 3.8) is 0 Å². The summed E-state index contributed by atoms with van der Waals surface area (Å²) in [6.45, 7) is 2.90. The predicted octanol–water partition coefficient (Wildman–Crippen LogP) is 9.38. The standard InChI is InChI=1S/C16H14N2O2.C14H10N2O2.C8H5BrN2O2.C8H6N2O2.C6H7BO2.Na.H/c1-2-17-11-15(12-6-4-3-5-7-12)14-10-13(18(19)20)8-9-16(14)17;17-16(18)11-6-7-14-12(8-11)13(9-15-14)10-4-2-1-3-5-10;9-7-4-10-8-2-1-5(11(12)13)3-6(7)8;11-10(12)7-1-2-8-6(5-7)3-4-9-8;8-7(9)6-4-2-1-3-5-6;;/h3-11H,2H2,1H3;1-9,15H;1-4,10H;1-5,9H;1-5,8-9H;;/q;;;;;+1;-1. The molecule has 0 spiro atoms. The van der Waals surface area contributed by atoms with Crippen molar-refractivity contribution in [1.82, 2.24) is 19.5 Å². The van der Waals surface area contributed by atoms with Crippen LogP contribution in [0.25, 0.3) is 65.9 Å². The zero-order valence-electron chi connectivity index (χ0n) is 40.0. The average Bonchev–Trinajstić information content (AvgIpc) is 4.22. The number of benzene rings is 7. The van der Waals surface area contributed by atoms with E-state index >= 15 is 0 Å². The molecule has 4 heterocycles. The Kier molecular flexibility index (Phi) is 18.7. The largest absolute Gasteiger partial charge is 1.00 e. The van der Waals surface area contributed by atoms with E-state index in [-0.39, 0.29) is 63.6 Å². The van der Waals surface area contributed by atoms with Gasteiger partial charge in [0.05, 0.1) is 19.7 Å². The minimum absolute atomic E-state index is 0. The molecule has 0 aliphatic rings. The number of rotatable bonds is 8. The number of aromatic amines is 3. The second-order valence-corrected chi connectivity index (χ2v) is 16.5. The zero-order valence-corrected chi connectivity index (χ0v) is 42.6. The number of hydrogen-bond acceptors (Lipinski definition) is 10. The number of nitrogens with zero attached hydrogens (tertiary/aromatic N) is 5. The Morgan fingerprint density at radius 2 is 0.986 bits per heavy atom. The molecule has 0 saturated heterocycles. The van der Waals surface area contributed by atoms with Crippen LogP contribution in [0.3, 0.4) is 0 Å². The van der Waals surface area contributed by atoms with Gasteiger partial charge in [0.2, 0.25) is 0 Å². The van der Waals surface area contributed by atoms with Crippen LogP contribution in [0, 0.1) is 40.5 Å². The van der Waals surface area contributed by atoms with Gasteiger partial charge in [-0.2, -0.15) is 0 Å². The number of aromatic nitrogens is 4. The van der Waals surface area contributed by atoms with Crippen molar-refractivity contribution in [2.24, 2.45) is 0 Å². The summed E-state index contributed by atoms with van der Waals surface area (Å²) >= 11 is 3.30. The van der Waals surface area contributed by atoms with Gasteiger partial charge in [0.25, 0.3) is 22.7 Å². The molecule has 11 aromatic rings. The normalized spacial score (nSPS) is 10.3. The molecule has 0 atom stereocenters.